The van der Waals surface area contributed by atoms with Crippen molar-refractivity contribution in [2.75, 3.05) is 0 Å². The molecular weight excluding hydrogens is 801 g/mol. The summed E-state index contributed by atoms with van der Waals surface area (Å²) in [5, 5.41) is 19.1. The second-order valence-corrected chi connectivity index (χ2v) is 16.6. The van der Waals surface area contributed by atoms with E-state index in [0.717, 1.165) is 60.8 Å². The van der Waals surface area contributed by atoms with Gasteiger partial charge in [-0.15, -0.1) is 0 Å². The summed E-state index contributed by atoms with van der Waals surface area (Å²) in [4.78, 5) is 15.8. The third-order valence-electron chi connectivity index (χ3n) is 12.8. The largest absolute Gasteiger partial charge is 0.208 e. The van der Waals surface area contributed by atoms with Gasteiger partial charge in [-0.1, -0.05) is 200 Å². The summed E-state index contributed by atoms with van der Waals surface area (Å²) in [7, 11) is 0. The van der Waals surface area contributed by atoms with Crippen LogP contribution in [0.1, 0.15) is 5.56 Å². The minimum Gasteiger partial charge on any atom is -0.208 e. The molecule has 0 saturated heterocycles. The molecule has 66 heavy (non-hydrogen) atoms. The van der Waals surface area contributed by atoms with E-state index >= 15 is 0 Å². The SMILES string of the molecule is N#Cc1ccc(-c2cccc(-c3nc(-c4ccccc4-c4ccccc4)nc(-c4ccc(-c5ccc(-c6c7ccccc7cc7c6ccc6ccccc67)cc5)c5ccccc45)n3)c2)cc1. The van der Waals surface area contributed by atoms with Gasteiger partial charge in [0.2, 0.25) is 0 Å². The van der Waals surface area contributed by atoms with Crippen LogP contribution in [0.25, 0.3) is 122 Å². The molecule has 0 aliphatic heterocycles. The first kappa shape index (κ1) is 38.6. The van der Waals surface area contributed by atoms with Crippen LogP contribution in [0.3, 0.4) is 0 Å². The molecule has 0 aliphatic rings. The van der Waals surface area contributed by atoms with Crippen LogP contribution in [-0.2, 0) is 0 Å². The number of hydrogen-bond acceptors (Lipinski definition) is 4. The lowest BCUT2D eigenvalue weighted by molar-refractivity contribution is 1.08. The Bertz CT molecular complexity index is 3870. The first-order chi connectivity index (χ1) is 32.7. The van der Waals surface area contributed by atoms with E-state index in [1.165, 1.54) is 43.4 Å². The highest BCUT2D eigenvalue weighted by Crippen LogP contribution is 2.42. The van der Waals surface area contributed by atoms with Crippen LogP contribution in [0.15, 0.2) is 231 Å². The second-order valence-electron chi connectivity index (χ2n) is 16.6. The molecule has 1 aromatic heterocycles. The zero-order valence-corrected chi connectivity index (χ0v) is 35.7. The molecule has 0 atom stereocenters. The molecule has 0 saturated carbocycles. The number of nitrogens with zero attached hydrogens (tertiary/aromatic N) is 4. The van der Waals surface area contributed by atoms with Crippen LogP contribution in [0.2, 0.25) is 0 Å². The fourth-order valence-electron chi connectivity index (χ4n) is 9.56. The van der Waals surface area contributed by atoms with E-state index in [-0.39, 0.29) is 0 Å². The van der Waals surface area contributed by atoms with Crippen LogP contribution in [0, 0.1) is 11.3 Å². The maximum absolute atomic E-state index is 9.42. The third-order valence-corrected chi connectivity index (χ3v) is 12.8. The van der Waals surface area contributed by atoms with E-state index in [1.807, 2.05) is 48.5 Å². The Morgan fingerprint density at radius 2 is 0.818 bits per heavy atom. The van der Waals surface area contributed by atoms with Gasteiger partial charge in [0.25, 0.3) is 0 Å². The van der Waals surface area contributed by atoms with Gasteiger partial charge < -0.3 is 0 Å². The van der Waals surface area contributed by atoms with E-state index < -0.39 is 0 Å². The van der Waals surface area contributed by atoms with Crippen LogP contribution < -0.4 is 0 Å². The number of aromatic nitrogens is 3. The molecule has 1 heterocycles. The fraction of sp³-hybridized carbons (Fsp3) is 0. The normalized spacial score (nSPS) is 11.3. The van der Waals surface area contributed by atoms with E-state index in [9.17, 15) is 5.26 Å². The molecule has 306 valence electrons. The Morgan fingerprint density at radius 1 is 0.273 bits per heavy atom. The standard InChI is InChI=1S/C62H38N4/c63-39-40-25-27-41(28-26-40)46-17-12-18-48(37-46)60-64-61(56-24-11-8-19-49(56)42-13-2-1-3-14-42)66-62(65-60)57-36-35-51(53-22-9-10-23-54(53)57)44-29-31-45(32-30-44)59-52-21-7-5-16-47(52)38-58-50-20-6-4-15-43(50)33-34-55(58)59/h1-38H. The molecule has 11 aromatic carbocycles. The van der Waals surface area contributed by atoms with Crippen molar-refractivity contribution in [1.29, 1.82) is 5.26 Å². The Hall–Kier alpha value is -9.04. The minimum atomic E-state index is 0.575. The van der Waals surface area contributed by atoms with Gasteiger partial charge in [0.15, 0.2) is 17.5 Å². The number of benzene rings is 11. The highest BCUT2D eigenvalue weighted by Gasteiger charge is 2.19. The zero-order chi connectivity index (χ0) is 44.0. The van der Waals surface area contributed by atoms with E-state index in [1.54, 1.807) is 0 Å². The first-order valence-corrected chi connectivity index (χ1v) is 22.1. The number of nitriles is 1. The predicted octanol–water partition coefficient (Wildman–Crippen LogP) is 16.0. The summed E-state index contributed by atoms with van der Waals surface area (Å²) in [6, 6.07) is 83.0. The maximum Gasteiger partial charge on any atom is 0.164 e. The molecule has 4 nitrogen and oxygen atoms in total. The maximum atomic E-state index is 9.42. The molecule has 12 rings (SSSR count). The average molecular weight is 839 g/mol. The topological polar surface area (TPSA) is 62.5 Å². The summed E-state index contributed by atoms with van der Waals surface area (Å²) in [6.07, 6.45) is 0. The molecule has 12 aromatic rings. The van der Waals surface area contributed by atoms with Crippen molar-refractivity contribution < 1.29 is 0 Å². The number of fused-ring (bicyclic) bond motifs is 5. The number of rotatable bonds is 7. The van der Waals surface area contributed by atoms with Gasteiger partial charge in [0.05, 0.1) is 11.6 Å². The van der Waals surface area contributed by atoms with Crippen molar-refractivity contribution >= 4 is 43.1 Å². The highest BCUT2D eigenvalue weighted by atomic mass is 15.0. The molecule has 0 N–H and O–H groups in total. The first-order valence-electron chi connectivity index (χ1n) is 22.1. The monoisotopic (exact) mass is 838 g/mol. The van der Waals surface area contributed by atoms with Crippen LogP contribution in [0.5, 0.6) is 0 Å². The van der Waals surface area contributed by atoms with E-state index in [2.05, 4.69) is 188 Å². The van der Waals surface area contributed by atoms with Gasteiger partial charge >= 0.3 is 0 Å². The molecule has 0 radical (unpaired) electrons. The summed E-state index contributed by atoms with van der Waals surface area (Å²) in [6.45, 7) is 0. The van der Waals surface area contributed by atoms with E-state index in [4.69, 9.17) is 15.0 Å². The summed E-state index contributed by atoms with van der Waals surface area (Å²) < 4.78 is 0. The van der Waals surface area contributed by atoms with Gasteiger partial charge in [0, 0.05) is 16.7 Å². The van der Waals surface area contributed by atoms with Crippen LogP contribution in [0.4, 0.5) is 0 Å². The zero-order valence-electron chi connectivity index (χ0n) is 35.7. The van der Waals surface area contributed by atoms with Crippen molar-refractivity contribution in [2.24, 2.45) is 0 Å². The quantitative estimate of drug-likeness (QED) is 0.118. The third kappa shape index (κ3) is 6.84. The lowest BCUT2D eigenvalue weighted by Crippen LogP contribution is -2.02. The summed E-state index contributed by atoms with van der Waals surface area (Å²) in [5.74, 6) is 1.76. The molecular formula is C62H38N4. The van der Waals surface area contributed by atoms with Gasteiger partial charge in [-0.3, -0.25) is 0 Å². The Morgan fingerprint density at radius 3 is 1.59 bits per heavy atom. The molecule has 0 aliphatic carbocycles. The highest BCUT2D eigenvalue weighted by molar-refractivity contribution is 6.20. The van der Waals surface area contributed by atoms with Crippen molar-refractivity contribution in [3.8, 4) is 84.7 Å². The van der Waals surface area contributed by atoms with E-state index in [0.29, 0.717) is 23.0 Å². The van der Waals surface area contributed by atoms with Gasteiger partial charge in [-0.25, -0.2) is 15.0 Å². The van der Waals surface area contributed by atoms with Crippen LogP contribution in [-0.4, -0.2) is 15.0 Å². The molecule has 4 heteroatoms. The lowest BCUT2D eigenvalue weighted by Gasteiger charge is -2.16. The summed E-state index contributed by atoms with van der Waals surface area (Å²) in [5.41, 5.74) is 12.2. The number of hydrogen-bond donors (Lipinski definition) is 0. The molecule has 0 amide bonds. The van der Waals surface area contributed by atoms with Gasteiger partial charge in [0.1, 0.15) is 0 Å². The van der Waals surface area contributed by atoms with Crippen molar-refractivity contribution in [1.82, 2.24) is 15.0 Å². The van der Waals surface area contributed by atoms with Crippen molar-refractivity contribution in [2.45, 2.75) is 0 Å². The van der Waals surface area contributed by atoms with Crippen molar-refractivity contribution in [3.05, 3.63) is 236 Å². The Balaban J connectivity index is 0.996. The van der Waals surface area contributed by atoms with Crippen molar-refractivity contribution in [3.63, 3.8) is 0 Å². The average Bonchev–Trinajstić information content (AvgIpc) is 3.40. The van der Waals surface area contributed by atoms with Gasteiger partial charge in [-0.2, -0.15) is 5.26 Å². The Labute approximate surface area is 382 Å². The molecule has 0 unspecified atom stereocenters. The smallest absolute Gasteiger partial charge is 0.164 e. The molecule has 0 fully saturated rings. The predicted molar refractivity (Wildman–Crippen MR) is 273 cm³/mol. The summed E-state index contributed by atoms with van der Waals surface area (Å²) >= 11 is 0. The second kappa shape index (κ2) is 16.3. The molecule has 0 spiro atoms. The van der Waals surface area contributed by atoms with Gasteiger partial charge in [-0.05, 0) is 118 Å². The van der Waals surface area contributed by atoms with Crippen LogP contribution >= 0.6 is 0 Å². The Kier molecular flexibility index (Phi) is 9.51. The lowest BCUT2D eigenvalue weighted by atomic mass is 9.88. The minimum absolute atomic E-state index is 0.575. The fourth-order valence-corrected chi connectivity index (χ4v) is 9.56. The molecule has 0 bridgehead atoms.